The number of aromatic hydroxyl groups is 1. The van der Waals surface area contributed by atoms with Gasteiger partial charge in [0.15, 0.2) is 17.5 Å². The second-order valence-corrected chi connectivity index (χ2v) is 34.5. The van der Waals surface area contributed by atoms with E-state index in [-0.39, 0.29) is 62.1 Å². The quantitative estimate of drug-likeness (QED) is 0.0279. The predicted octanol–water partition coefficient (Wildman–Crippen LogP) is -0.0696. The van der Waals surface area contributed by atoms with Crippen LogP contribution in [0.15, 0.2) is 121 Å². The number of fused-ring (bicyclic) bond motifs is 3. The highest BCUT2D eigenvalue weighted by molar-refractivity contribution is 8.00. The van der Waals surface area contributed by atoms with Crippen molar-refractivity contribution < 1.29 is 124 Å². The summed E-state index contributed by atoms with van der Waals surface area (Å²) >= 11 is 0.540. The maximum atomic E-state index is 15.7. The Morgan fingerprint density at radius 1 is 0.526 bits per heavy atom. The van der Waals surface area contributed by atoms with Gasteiger partial charge in [-0.25, -0.2) is 17.6 Å². The minimum atomic E-state index is -2.09. The molecule has 0 bridgehead atoms. The number of thioether (sulfide) groups is 1. The van der Waals surface area contributed by atoms with E-state index in [0.717, 1.165) is 43.7 Å². The molecule has 16 amide bonds. The number of primary amides is 2. The zero-order valence-electron chi connectivity index (χ0n) is 74.9. The summed E-state index contributed by atoms with van der Waals surface area (Å²) in [7, 11) is 3.48. The molecule has 13 atom stereocenters. The van der Waals surface area contributed by atoms with Gasteiger partial charge in [-0.15, -0.1) is 11.8 Å². The molecule has 726 valence electrons. The molecule has 6 aromatic rings. The summed E-state index contributed by atoms with van der Waals surface area (Å²) in [6.07, 6.45) is -4.21. The molecule has 3 saturated heterocycles. The van der Waals surface area contributed by atoms with E-state index >= 15 is 51.9 Å². The topological polar surface area (TPSA) is 569 Å². The second kappa shape index (κ2) is 49.1. The Morgan fingerprint density at radius 3 is 1.72 bits per heavy atom. The highest BCUT2D eigenvalue weighted by atomic mass is 32.2. The standard InChI is InChI=1S/C91H111F4N17O22S/c1-7-8-19-68-90(132)111-31-14-20-67(111)84(126)105-64(42-76(119)120)83(125)107-78(48(2)3)91(133)109(5)69(38-49-15-10-9-11-16-49)85(127)101-60(29-30-75(117)118)88(130)112-32-33-134-45-71(112)86(128)104-62(40-53-43-98-59-18-13-12-17-56(53)59)81(123)102-61(36-50-23-27-55(113)28-24-50)80(122)103-63(41-72(96)114)82(124)106-66(79(121)99-44-73(97)115)46-135-47-74(116)100-65(37-52-34-57(93)77(95)58(94)35-52)87(129)110(6)70(89(131)108(68)4)39-51-21-25-54(92)26-22-51/h9-13,15-18,21-28,34-35,43,48,60-71,78,98,113H,7-8,14,19-20,29-33,36-42,44-47H2,1-6H3,(H2,96,114)(H2,97,115)(H,99,121)(H,100,116)(H,101,127)(H,102,123)(H,103,122)(H,104,128)(H,105,126)(H,106,124)(H,107,125)(H,117,118)(H,119,120)/t60-,61-,62-,63-,64-,65-,66-,67+,68-,69-,70-,71+,78-/m0/s1. The number of benzene rings is 5. The molecule has 0 saturated carbocycles. The fraction of sp³-hybridized carbons (Fsp3) is 0.451. The SMILES string of the molecule is CCCC[C@H]1C(=O)N2CCC[C@@H]2C(=O)N[C@@H](CC(=O)O)C(=O)N[C@@H](C(C)C)C(=O)N(C)[C@@H](Cc2ccccc2)C(=O)N[C@@H](CCC(=O)O)C(=O)N2CCOC[C@@H]2C(=O)N[C@@H](Cc2c[nH]c3ccccc23)C(=O)N[C@@H](Cc2ccc(O)cc2)C(=O)N[C@@H](CC(N)=O)C(=O)N[C@H](C(=O)NCC(N)=O)CSCC(=O)N[C@@H](Cc2cc(F)c(F)c(F)c2)C(=O)N(C)[C@@H](Cc2ccc(F)cc2)C(=O)N1C. The number of carboxylic acids is 2. The summed E-state index contributed by atoms with van der Waals surface area (Å²) in [6.45, 7) is 2.43. The predicted molar refractivity (Wildman–Crippen MR) is 477 cm³/mol. The van der Waals surface area contributed by atoms with Crippen molar-refractivity contribution in [2.75, 3.05) is 65.5 Å². The normalized spacial score (nSPS) is 23.4. The third kappa shape index (κ3) is 29.2. The second-order valence-electron chi connectivity index (χ2n) is 33.5. The van der Waals surface area contributed by atoms with Gasteiger partial charge in [0.1, 0.15) is 90.1 Å². The molecule has 135 heavy (non-hydrogen) atoms. The summed E-state index contributed by atoms with van der Waals surface area (Å²) in [6, 6.07) is 2.38. The molecule has 9 rings (SSSR count). The van der Waals surface area contributed by atoms with E-state index in [1.54, 1.807) is 61.5 Å². The number of aromatic amines is 1. The van der Waals surface area contributed by atoms with Crippen molar-refractivity contribution in [3.8, 4) is 5.75 Å². The van der Waals surface area contributed by atoms with Crippen molar-refractivity contribution in [1.82, 2.24) is 77.3 Å². The summed E-state index contributed by atoms with van der Waals surface area (Å²) in [5, 5.41) is 53.7. The molecule has 5 aromatic carbocycles. The molecular weight excluding hydrogens is 1790 g/mol. The van der Waals surface area contributed by atoms with Gasteiger partial charge in [0.05, 0.1) is 38.4 Å². The fourth-order valence-electron chi connectivity index (χ4n) is 16.0. The first-order chi connectivity index (χ1) is 64.1. The number of hydrogen-bond donors (Lipinski definition) is 15. The monoisotopic (exact) mass is 1900 g/mol. The van der Waals surface area contributed by atoms with Crippen LogP contribution in [0.4, 0.5) is 17.6 Å². The van der Waals surface area contributed by atoms with Gasteiger partial charge in [-0.05, 0) is 102 Å². The maximum Gasteiger partial charge on any atom is 0.305 e. The Labute approximate surface area is 777 Å². The van der Waals surface area contributed by atoms with Gasteiger partial charge in [0.25, 0.3) is 0 Å². The zero-order chi connectivity index (χ0) is 98.8. The number of halogens is 4. The molecule has 4 heterocycles. The number of likely N-dealkylation sites (N-methyl/N-ethyl adjacent to an activating group) is 3. The average molecular weight is 1900 g/mol. The Morgan fingerprint density at radius 2 is 1.07 bits per heavy atom. The number of amides is 16. The first-order valence-electron chi connectivity index (χ1n) is 43.6. The molecular formula is C91H111F4N17O22S. The maximum absolute atomic E-state index is 15.7. The van der Waals surface area contributed by atoms with Crippen molar-refractivity contribution >= 4 is 129 Å². The Bertz CT molecular complexity index is 5330. The molecule has 0 unspecified atom stereocenters. The molecule has 1 aromatic heterocycles. The molecule has 3 aliphatic heterocycles. The zero-order valence-corrected chi connectivity index (χ0v) is 75.7. The number of H-pyrrole nitrogens is 1. The van der Waals surface area contributed by atoms with Crippen molar-refractivity contribution in [2.45, 2.75) is 189 Å². The molecule has 0 aliphatic carbocycles. The lowest BCUT2D eigenvalue weighted by Crippen LogP contribution is -2.64. The number of carboxylic acid groups (broad SMARTS) is 2. The van der Waals surface area contributed by atoms with Crippen LogP contribution in [-0.2, 0) is 123 Å². The number of nitrogens with two attached hydrogens (primary N) is 2. The van der Waals surface area contributed by atoms with Crippen LogP contribution < -0.4 is 59.3 Å². The smallest absolute Gasteiger partial charge is 0.305 e. The number of aromatic nitrogens is 1. The fourth-order valence-corrected chi connectivity index (χ4v) is 16.8. The number of phenolic OH excluding ortho intramolecular Hbond substituents is 1. The molecule has 39 nitrogen and oxygen atoms in total. The van der Waals surface area contributed by atoms with Gasteiger partial charge in [0, 0.05) is 95.6 Å². The molecule has 3 fully saturated rings. The molecule has 17 N–H and O–H groups in total. The number of unbranched alkanes of at least 4 members (excludes halogenated alkanes) is 1. The number of carbonyl (C=O) groups is 18. The van der Waals surface area contributed by atoms with Crippen LogP contribution in [0.25, 0.3) is 10.9 Å². The summed E-state index contributed by atoms with van der Waals surface area (Å²) < 4.78 is 65.5. The van der Waals surface area contributed by atoms with E-state index in [9.17, 15) is 67.3 Å². The van der Waals surface area contributed by atoms with E-state index in [0.29, 0.717) is 52.3 Å². The van der Waals surface area contributed by atoms with Gasteiger partial charge in [-0.2, -0.15) is 0 Å². The van der Waals surface area contributed by atoms with Crippen molar-refractivity contribution in [1.29, 1.82) is 0 Å². The average Bonchev–Trinajstić information content (AvgIpc) is 1.76. The van der Waals surface area contributed by atoms with Crippen molar-refractivity contribution in [3.63, 3.8) is 0 Å². The number of nitrogens with one attached hydrogen (secondary N) is 10. The van der Waals surface area contributed by atoms with Gasteiger partial charge >= 0.3 is 11.9 Å². The number of aliphatic carboxylic acids is 2. The van der Waals surface area contributed by atoms with Crippen molar-refractivity contribution in [3.05, 3.63) is 173 Å². The largest absolute Gasteiger partial charge is 0.508 e. The number of para-hydroxylation sites is 1. The Kier molecular flexibility index (Phi) is 38.0. The molecule has 3 aliphatic rings. The lowest BCUT2D eigenvalue weighted by Gasteiger charge is -2.38. The van der Waals surface area contributed by atoms with Crippen LogP contribution in [0.3, 0.4) is 0 Å². The number of rotatable bonds is 24. The minimum Gasteiger partial charge on any atom is -0.508 e. The first kappa shape index (κ1) is 105. The highest BCUT2D eigenvalue weighted by Crippen LogP contribution is 2.28. The lowest BCUT2D eigenvalue weighted by atomic mass is 9.98. The number of carbonyl (C=O) groups excluding carboxylic acids is 16. The summed E-state index contributed by atoms with van der Waals surface area (Å²) in [4.78, 5) is 270. The number of nitrogens with zero attached hydrogens (tertiary/aromatic N) is 5. The van der Waals surface area contributed by atoms with E-state index in [2.05, 4.69) is 52.8 Å². The summed E-state index contributed by atoms with van der Waals surface area (Å²) in [5.41, 5.74) is 12.4. The van der Waals surface area contributed by atoms with Gasteiger partial charge < -0.3 is 109 Å². The van der Waals surface area contributed by atoms with Crippen LogP contribution in [0.2, 0.25) is 0 Å². The lowest BCUT2D eigenvalue weighted by molar-refractivity contribution is -0.152. The van der Waals surface area contributed by atoms with E-state index in [1.807, 2.05) is 0 Å². The van der Waals surface area contributed by atoms with Crippen LogP contribution in [0.5, 0.6) is 5.75 Å². The number of morpholine rings is 1. The molecule has 0 radical (unpaired) electrons. The number of hydrogen-bond acceptors (Lipinski definition) is 21. The van der Waals surface area contributed by atoms with Crippen LogP contribution >= 0.6 is 11.8 Å². The first-order valence-corrected chi connectivity index (χ1v) is 44.8. The van der Waals surface area contributed by atoms with E-state index in [1.165, 1.54) is 70.5 Å². The van der Waals surface area contributed by atoms with Crippen LogP contribution in [0.1, 0.15) is 106 Å². The van der Waals surface area contributed by atoms with Gasteiger partial charge in [-0.1, -0.05) is 106 Å². The third-order valence-electron chi connectivity index (χ3n) is 23.3. The Balaban J connectivity index is 1.14. The van der Waals surface area contributed by atoms with Crippen LogP contribution in [-0.4, -0.2) is 295 Å². The van der Waals surface area contributed by atoms with E-state index < -0.39 is 302 Å². The third-order valence-corrected chi connectivity index (χ3v) is 24.3. The minimum absolute atomic E-state index is 0.106. The molecule has 44 heteroatoms. The van der Waals surface area contributed by atoms with Crippen LogP contribution in [0, 0.1) is 29.2 Å². The number of phenols is 1. The van der Waals surface area contributed by atoms with E-state index in [4.69, 9.17) is 16.2 Å². The number of ether oxygens (including phenoxy) is 1. The van der Waals surface area contributed by atoms with Crippen molar-refractivity contribution in [2.24, 2.45) is 17.4 Å². The summed E-state index contributed by atoms with van der Waals surface area (Å²) in [5.74, 6) is -29.9. The van der Waals surface area contributed by atoms with Gasteiger partial charge in [-0.3, -0.25) is 86.3 Å². The molecule has 0 spiro atoms. The van der Waals surface area contributed by atoms with Gasteiger partial charge in [0.2, 0.25) is 94.5 Å². The highest BCUT2D eigenvalue weighted by Gasteiger charge is 2.47. The Hall–Kier alpha value is -14.1.